The second-order valence-electron chi connectivity index (χ2n) is 16.4. The SMILES string of the molecule is N#Cc1cccc(-c2cc(-c3nc(-c4ccccc4)cc(-c4ccccc4)n3)cc(-c3cccc(C#N)c3)c2-n2c3ccccc3c3cc4c5ccccc5n(-c5ccccc5)c4cc32)c1. The van der Waals surface area contributed by atoms with Crippen LogP contribution in [0.25, 0.3) is 111 Å². The number of para-hydroxylation sites is 3. The maximum absolute atomic E-state index is 10.3. The Morgan fingerprint density at radius 2 is 0.788 bits per heavy atom. The molecule has 0 aliphatic heterocycles. The largest absolute Gasteiger partial charge is 0.309 e. The van der Waals surface area contributed by atoms with Gasteiger partial charge in [-0.25, -0.2) is 9.97 Å². The van der Waals surface area contributed by atoms with Crippen LogP contribution in [0.3, 0.4) is 0 Å². The summed E-state index contributed by atoms with van der Waals surface area (Å²) in [5, 5.41) is 25.2. The van der Waals surface area contributed by atoms with E-state index in [0.29, 0.717) is 17.0 Å². The monoisotopic (exact) mass is 840 g/mol. The van der Waals surface area contributed by atoms with Gasteiger partial charge in [0, 0.05) is 55.0 Å². The molecule has 0 aliphatic rings. The zero-order valence-corrected chi connectivity index (χ0v) is 35.5. The first-order chi connectivity index (χ1) is 32.6. The predicted molar refractivity (Wildman–Crippen MR) is 267 cm³/mol. The number of nitrogens with zero attached hydrogens (tertiary/aromatic N) is 6. The smallest absolute Gasteiger partial charge is 0.160 e. The van der Waals surface area contributed by atoms with Gasteiger partial charge in [-0.3, -0.25) is 0 Å². The third kappa shape index (κ3) is 6.41. The summed E-state index contributed by atoms with van der Waals surface area (Å²) in [6.45, 7) is 0. The predicted octanol–water partition coefficient (Wildman–Crippen LogP) is 14.7. The Labute approximate surface area is 380 Å². The van der Waals surface area contributed by atoms with Gasteiger partial charge in [0.2, 0.25) is 0 Å². The molecule has 0 spiro atoms. The van der Waals surface area contributed by atoms with E-state index in [1.807, 2.05) is 84.9 Å². The topological polar surface area (TPSA) is 83.2 Å². The Balaban J connectivity index is 1.24. The molecule has 0 fully saturated rings. The van der Waals surface area contributed by atoms with Gasteiger partial charge in [-0.2, -0.15) is 10.5 Å². The minimum atomic E-state index is 0.543. The zero-order chi connectivity index (χ0) is 44.1. The van der Waals surface area contributed by atoms with Crippen molar-refractivity contribution in [1.82, 2.24) is 19.1 Å². The molecule has 12 rings (SSSR count). The van der Waals surface area contributed by atoms with Crippen molar-refractivity contribution in [3.05, 3.63) is 230 Å². The number of nitriles is 2. The van der Waals surface area contributed by atoms with Gasteiger partial charge in [-0.05, 0) is 90.0 Å². The quantitative estimate of drug-likeness (QED) is 0.160. The molecule has 0 bridgehead atoms. The van der Waals surface area contributed by atoms with Crippen molar-refractivity contribution in [3.63, 3.8) is 0 Å². The van der Waals surface area contributed by atoms with E-state index in [9.17, 15) is 10.5 Å². The van der Waals surface area contributed by atoms with Crippen LogP contribution in [0.15, 0.2) is 218 Å². The molecule has 0 N–H and O–H groups in total. The standard InChI is InChI=1S/C60H36N6/c61-37-39-16-14-22-43(30-39)49-32-45(60-63-53(41-18-4-1-5-19-41)35-54(64-60)42-20-6-2-7-21-42)33-50(44-23-15-17-40(31-44)38-62)59(49)66-56-29-13-11-27-48(56)52-34-51-47-26-10-12-28-55(47)65(57(51)36-58(52)66)46-24-8-3-9-25-46/h1-36H. The van der Waals surface area contributed by atoms with E-state index in [2.05, 4.69) is 155 Å². The first-order valence-corrected chi connectivity index (χ1v) is 21.8. The third-order valence-corrected chi connectivity index (χ3v) is 12.5. The van der Waals surface area contributed by atoms with E-state index in [1.165, 1.54) is 5.39 Å². The molecule has 0 saturated carbocycles. The number of hydrogen-bond donors (Lipinski definition) is 0. The van der Waals surface area contributed by atoms with Gasteiger partial charge in [0.15, 0.2) is 5.82 Å². The van der Waals surface area contributed by atoms with Gasteiger partial charge in [0.25, 0.3) is 0 Å². The molecule has 0 aliphatic carbocycles. The second kappa shape index (κ2) is 15.8. The molecule has 0 atom stereocenters. The van der Waals surface area contributed by atoms with Crippen LogP contribution in [0.2, 0.25) is 0 Å². The number of hydrogen-bond acceptors (Lipinski definition) is 4. The van der Waals surface area contributed by atoms with Crippen molar-refractivity contribution >= 4 is 43.6 Å². The summed E-state index contributed by atoms with van der Waals surface area (Å²) in [4.78, 5) is 10.6. The first kappa shape index (κ1) is 38.3. The summed E-state index contributed by atoms with van der Waals surface area (Å²) >= 11 is 0. The third-order valence-electron chi connectivity index (χ3n) is 12.5. The molecular formula is C60H36N6. The first-order valence-electron chi connectivity index (χ1n) is 21.8. The van der Waals surface area contributed by atoms with Crippen LogP contribution < -0.4 is 0 Å². The lowest BCUT2D eigenvalue weighted by Gasteiger charge is -2.21. The van der Waals surface area contributed by atoms with Gasteiger partial charge < -0.3 is 9.13 Å². The van der Waals surface area contributed by atoms with Crippen molar-refractivity contribution in [2.45, 2.75) is 0 Å². The molecular weight excluding hydrogens is 805 g/mol. The van der Waals surface area contributed by atoms with Gasteiger partial charge in [0.1, 0.15) is 0 Å². The number of rotatable bonds is 7. The van der Waals surface area contributed by atoms with E-state index in [4.69, 9.17) is 9.97 Å². The van der Waals surface area contributed by atoms with Crippen LogP contribution >= 0.6 is 0 Å². The number of benzene rings is 9. The summed E-state index contributed by atoms with van der Waals surface area (Å²) in [7, 11) is 0. The van der Waals surface area contributed by atoms with Crippen LogP contribution in [0.4, 0.5) is 0 Å². The molecule has 6 nitrogen and oxygen atoms in total. The molecule has 306 valence electrons. The fraction of sp³-hybridized carbons (Fsp3) is 0. The molecule has 0 radical (unpaired) electrons. The Bertz CT molecular complexity index is 3810. The van der Waals surface area contributed by atoms with Crippen molar-refractivity contribution in [2.75, 3.05) is 0 Å². The molecule has 0 saturated heterocycles. The summed E-state index contributed by atoms with van der Waals surface area (Å²) in [6, 6.07) is 79.5. The van der Waals surface area contributed by atoms with Crippen molar-refractivity contribution in [1.29, 1.82) is 10.5 Å². The number of aromatic nitrogens is 4. The Morgan fingerprint density at radius 3 is 1.32 bits per heavy atom. The Kier molecular flexibility index (Phi) is 9.16. The van der Waals surface area contributed by atoms with Crippen LogP contribution in [0.5, 0.6) is 0 Å². The van der Waals surface area contributed by atoms with Gasteiger partial charge >= 0.3 is 0 Å². The maximum atomic E-state index is 10.3. The fourth-order valence-corrected chi connectivity index (χ4v) is 9.57. The molecule has 12 aromatic rings. The summed E-state index contributed by atoms with van der Waals surface area (Å²) in [5.41, 5.74) is 15.1. The lowest BCUT2D eigenvalue weighted by atomic mass is 9.91. The molecule has 0 amide bonds. The lowest BCUT2D eigenvalue weighted by molar-refractivity contribution is 1.16. The highest BCUT2D eigenvalue weighted by Gasteiger charge is 2.25. The molecule has 3 aromatic heterocycles. The lowest BCUT2D eigenvalue weighted by Crippen LogP contribution is -2.03. The fourth-order valence-electron chi connectivity index (χ4n) is 9.57. The second-order valence-corrected chi connectivity index (χ2v) is 16.4. The van der Waals surface area contributed by atoms with Gasteiger partial charge in [0.05, 0.1) is 62.4 Å². The normalized spacial score (nSPS) is 11.3. The summed E-state index contributed by atoms with van der Waals surface area (Å²) in [6.07, 6.45) is 0. The van der Waals surface area contributed by atoms with Gasteiger partial charge in [-0.15, -0.1) is 0 Å². The van der Waals surface area contributed by atoms with Crippen molar-refractivity contribution in [2.24, 2.45) is 0 Å². The van der Waals surface area contributed by atoms with Crippen molar-refractivity contribution < 1.29 is 0 Å². The van der Waals surface area contributed by atoms with E-state index < -0.39 is 0 Å². The van der Waals surface area contributed by atoms with Crippen LogP contribution in [-0.2, 0) is 0 Å². The van der Waals surface area contributed by atoms with E-state index in [-0.39, 0.29) is 0 Å². The highest BCUT2D eigenvalue weighted by Crippen LogP contribution is 2.46. The molecule has 6 heteroatoms. The van der Waals surface area contributed by atoms with Crippen LogP contribution in [0, 0.1) is 22.7 Å². The summed E-state index contributed by atoms with van der Waals surface area (Å²) < 4.78 is 4.73. The Morgan fingerprint density at radius 1 is 0.333 bits per heavy atom. The van der Waals surface area contributed by atoms with Crippen LogP contribution in [0.1, 0.15) is 11.1 Å². The molecule has 0 unspecified atom stereocenters. The number of fused-ring (bicyclic) bond motifs is 6. The van der Waals surface area contributed by atoms with E-state index in [0.717, 1.165) is 99.9 Å². The minimum absolute atomic E-state index is 0.543. The molecule has 3 heterocycles. The van der Waals surface area contributed by atoms with E-state index >= 15 is 0 Å². The molecule has 66 heavy (non-hydrogen) atoms. The highest BCUT2D eigenvalue weighted by molar-refractivity contribution is 6.19. The Hall–Kier alpha value is -9.36. The average molecular weight is 841 g/mol. The maximum Gasteiger partial charge on any atom is 0.160 e. The minimum Gasteiger partial charge on any atom is -0.309 e. The highest BCUT2D eigenvalue weighted by atomic mass is 15.0. The van der Waals surface area contributed by atoms with Gasteiger partial charge in [-0.1, -0.05) is 140 Å². The van der Waals surface area contributed by atoms with Crippen molar-refractivity contribution in [3.8, 4) is 79.7 Å². The summed E-state index contributed by atoms with van der Waals surface area (Å²) in [5.74, 6) is 0.549. The zero-order valence-electron chi connectivity index (χ0n) is 35.5. The molecule has 9 aromatic carbocycles. The average Bonchev–Trinajstić information content (AvgIpc) is 3.89. The van der Waals surface area contributed by atoms with Crippen LogP contribution in [-0.4, -0.2) is 19.1 Å². The van der Waals surface area contributed by atoms with E-state index in [1.54, 1.807) is 0 Å².